The highest BCUT2D eigenvalue weighted by Crippen LogP contribution is 2.31. The zero-order chi connectivity index (χ0) is 16.3. The van der Waals surface area contributed by atoms with Crippen molar-refractivity contribution in [2.24, 2.45) is 5.41 Å². The molecule has 0 aromatic rings. The highest BCUT2D eigenvalue weighted by Gasteiger charge is 2.44. The Bertz CT molecular complexity index is 433. The largest absolute Gasteiger partial charge is 0.465 e. The minimum atomic E-state index is -0.794. The third kappa shape index (κ3) is 3.81. The van der Waals surface area contributed by atoms with Gasteiger partial charge in [-0.25, -0.2) is 0 Å². The van der Waals surface area contributed by atoms with Gasteiger partial charge in [-0.3, -0.25) is 19.3 Å². The molecule has 0 aliphatic carbocycles. The number of hydrogen-bond acceptors (Lipinski definition) is 5. The minimum absolute atomic E-state index is 0.130. The predicted molar refractivity (Wildman–Crippen MR) is 78.4 cm³/mol. The summed E-state index contributed by atoms with van der Waals surface area (Å²) in [5, 5.41) is 2.96. The van der Waals surface area contributed by atoms with Crippen LogP contribution in [0.15, 0.2) is 0 Å². The molecule has 6 heteroatoms. The Morgan fingerprint density at radius 2 is 2.05 bits per heavy atom. The van der Waals surface area contributed by atoms with Gasteiger partial charge in [0.1, 0.15) is 5.54 Å². The lowest BCUT2D eigenvalue weighted by atomic mass is 9.92. The average Bonchev–Trinajstić information content (AvgIpc) is 2.60. The molecular formula is C15H26N2O4. The maximum Gasteiger partial charge on any atom is 0.326 e. The molecule has 0 spiro atoms. The van der Waals surface area contributed by atoms with Crippen LogP contribution < -0.4 is 5.32 Å². The van der Waals surface area contributed by atoms with Crippen LogP contribution in [0.3, 0.4) is 0 Å². The molecule has 6 nitrogen and oxygen atoms in total. The van der Waals surface area contributed by atoms with Crippen LogP contribution in [0.1, 0.15) is 47.0 Å². The first-order valence-electron chi connectivity index (χ1n) is 7.39. The fourth-order valence-corrected chi connectivity index (χ4v) is 2.46. The SMILES string of the molecule is CCOC(=O)C(C)(CCCN1C(=O)CC(C)(C)C1=O)NC. The number of imide groups is 1. The quantitative estimate of drug-likeness (QED) is 0.562. The van der Waals surface area contributed by atoms with Crippen molar-refractivity contribution >= 4 is 17.8 Å². The standard InChI is InChI=1S/C15H26N2O4/c1-6-21-13(20)15(4,16-5)8-7-9-17-11(18)10-14(2,3)12(17)19/h16H,6-10H2,1-5H3. The van der Waals surface area contributed by atoms with Crippen LogP contribution in [0.25, 0.3) is 0 Å². The first-order valence-corrected chi connectivity index (χ1v) is 7.39. The van der Waals surface area contributed by atoms with Gasteiger partial charge in [0, 0.05) is 13.0 Å². The van der Waals surface area contributed by atoms with Gasteiger partial charge >= 0.3 is 5.97 Å². The molecule has 0 aromatic carbocycles. The van der Waals surface area contributed by atoms with Gasteiger partial charge in [-0.1, -0.05) is 13.8 Å². The molecule has 21 heavy (non-hydrogen) atoms. The molecule has 2 amide bonds. The summed E-state index contributed by atoms with van der Waals surface area (Å²) in [5.41, 5.74) is -1.40. The van der Waals surface area contributed by atoms with Crippen LogP contribution >= 0.6 is 0 Å². The Kier molecular flexibility index (Phi) is 5.50. The smallest absolute Gasteiger partial charge is 0.326 e. The molecule has 0 radical (unpaired) electrons. The summed E-state index contributed by atoms with van der Waals surface area (Å²) < 4.78 is 5.05. The van der Waals surface area contributed by atoms with Crippen molar-refractivity contribution in [3.05, 3.63) is 0 Å². The lowest BCUT2D eigenvalue weighted by Crippen LogP contribution is -2.49. The van der Waals surface area contributed by atoms with E-state index in [2.05, 4.69) is 5.32 Å². The molecule has 1 atom stereocenters. The molecule has 1 saturated heterocycles. The lowest BCUT2D eigenvalue weighted by molar-refractivity contribution is -0.150. The van der Waals surface area contributed by atoms with Gasteiger partial charge < -0.3 is 10.1 Å². The lowest BCUT2D eigenvalue weighted by Gasteiger charge is -2.27. The summed E-state index contributed by atoms with van der Waals surface area (Å²) in [4.78, 5) is 37.2. The molecule has 1 aliphatic rings. The van der Waals surface area contributed by atoms with Crippen molar-refractivity contribution < 1.29 is 19.1 Å². The van der Waals surface area contributed by atoms with Gasteiger partial charge in [0.25, 0.3) is 0 Å². The molecule has 1 rings (SSSR count). The van der Waals surface area contributed by atoms with Gasteiger partial charge in [-0.05, 0) is 33.7 Å². The molecule has 120 valence electrons. The van der Waals surface area contributed by atoms with E-state index in [1.165, 1.54) is 4.90 Å². The molecule has 0 bridgehead atoms. The Morgan fingerprint density at radius 1 is 1.43 bits per heavy atom. The van der Waals surface area contributed by atoms with Crippen molar-refractivity contribution in [1.82, 2.24) is 10.2 Å². The van der Waals surface area contributed by atoms with E-state index in [4.69, 9.17) is 4.74 Å². The van der Waals surface area contributed by atoms with Gasteiger partial charge in [0.15, 0.2) is 0 Å². The van der Waals surface area contributed by atoms with E-state index >= 15 is 0 Å². The predicted octanol–water partition coefficient (Wildman–Crippen LogP) is 1.09. The Hall–Kier alpha value is -1.43. The van der Waals surface area contributed by atoms with E-state index in [9.17, 15) is 14.4 Å². The number of hydrogen-bond donors (Lipinski definition) is 1. The number of rotatable bonds is 7. The Balaban J connectivity index is 2.58. The van der Waals surface area contributed by atoms with Crippen LogP contribution in [0.2, 0.25) is 0 Å². The van der Waals surface area contributed by atoms with E-state index in [0.29, 0.717) is 26.0 Å². The number of ether oxygens (including phenoxy) is 1. The summed E-state index contributed by atoms with van der Waals surface area (Å²) in [6, 6.07) is 0. The Labute approximate surface area is 126 Å². The van der Waals surface area contributed by atoms with Crippen LogP contribution in [-0.2, 0) is 19.1 Å². The monoisotopic (exact) mass is 298 g/mol. The van der Waals surface area contributed by atoms with E-state index in [-0.39, 0.29) is 24.2 Å². The van der Waals surface area contributed by atoms with Crippen molar-refractivity contribution in [2.45, 2.75) is 52.5 Å². The van der Waals surface area contributed by atoms with Gasteiger partial charge in [0.05, 0.1) is 12.0 Å². The van der Waals surface area contributed by atoms with Crippen LogP contribution in [-0.4, -0.2) is 48.4 Å². The first kappa shape index (κ1) is 17.6. The number of nitrogens with zero attached hydrogens (tertiary/aromatic N) is 1. The topological polar surface area (TPSA) is 75.7 Å². The summed E-state index contributed by atoms with van der Waals surface area (Å²) in [6.45, 7) is 7.76. The summed E-state index contributed by atoms with van der Waals surface area (Å²) in [5.74, 6) is -0.575. The average molecular weight is 298 g/mol. The minimum Gasteiger partial charge on any atom is -0.465 e. The van der Waals surface area contributed by atoms with Crippen LogP contribution in [0.5, 0.6) is 0 Å². The van der Waals surface area contributed by atoms with Gasteiger partial charge in [0.2, 0.25) is 11.8 Å². The normalized spacial score (nSPS) is 20.5. The highest BCUT2D eigenvalue weighted by molar-refractivity contribution is 6.05. The number of nitrogens with one attached hydrogen (secondary N) is 1. The number of carbonyl (C=O) groups is 3. The number of likely N-dealkylation sites (tertiary alicyclic amines) is 1. The first-order chi connectivity index (χ1) is 9.68. The molecule has 1 unspecified atom stereocenters. The molecule has 1 heterocycles. The Morgan fingerprint density at radius 3 is 2.48 bits per heavy atom. The number of likely N-dealkylation sites (N-methyl/N-ethyl adjacent to an activating group) is 1. The third-order valence-electron chi connectivity index (χ3n) is 4.05. The van der Waals surface area contributed by atoms with E-state index in [1.807, 2.05) is 0 Å². The molecule has 1 fully saturated rings. The van der Waals surface area contributed by atoms with Crippen molar-refractivity contribution in [2.75, 3.05) is 20.2 Å². The van der Waals surface area contributed by atoms with E-state index < -0.39 is 11.0 Å². The molecule has 0 saturated carbocycles. The zero-order valence-electron chi connectivity index (χ0n) is 13.6. The fourth-order valence-electron chi connectivity index (χ4n) is 2.46. The van der Waals surface area contributed by atoms with E-state index in [1.54, 1.807) is 34.7 Å². The summed E-state index contributed by atoms with van der Waals surface area (Å²) in [7, 11) is 1.70. The summed E-state index contributed by atoms with van der Waals surface area (Å²) in [6.07, 6.45) is 1.32. The molecule has 0 aromatic heterocycles. The number of esters is 1. The van der Waals surface area contributed by atoms with Crippen molar-refractivity contribution in [1.29, 1.82) is 0 Å². The van der Waals surface area contributed by atoms with Crippen molar-refractivity contribution in [3.8, 4) is 0 Å². The molecular weight excluding hydrogens is 272 g/mol. The van der Waals surface area contributed by atoms with Crippen LogP contribution in [0.4, 0.5) is 0 Å². The number of amides is 2. The fraction of sp³-hybridized carbons (Fsp3) is 0.800. The second-order valence-electron chi connectivity index (χ2n) is 6.32. The second-order valence-corrected chi connectivity index (χ2v) is 6.32. The maximum atomic E-state index is 12.1. The molecule has 1 aliphatic heterocycles. The molecule has 1 N–H and O–H groups in total. The maximum absolute atomic E-state index is 12.1. The van der Waals surface area contributed by atoms with Gasteiger partial charge in [-0.2, -0.15) is 0 Å². The van der Waals surface area contributed by atoms with Crippen LogP contribution in [0, 0.1) is 5.41 Å². The summed E-state index contributed by atoms with van der Waals surface area (Å²) >= 11 is 0. The number of carbonyl (C=O) groups excluding carboxylic acids is 3. The van der Waals surface area contributed by atoms with E-state index in [0.717, 1.165) is 0 Å². The third-order valence-corrected chi connectivity index (χ3v) is 4.05. The zero-order valence-corrected chi connectivity index (χ0v) is 13.6. The van der Waals surface area contributed by atoms with Gasteiger partial charge in [-0.15, -0.1) is 0 Å². The van der Waals surface area contributed by atoms with Crippen molar-refractivity contribution in [3.63, 3.8) is 0 Å². The second kappa shape index (κ2) is 6.56. The highest BCUT2D eigenvalue weighted by atomic mass is 16.5.